The molecule has 0 aromatic carbocycles. The molecule has 0 aliphatic heterocycles. The van der Waals surface area contributed by atoms with Crippen molar-refractivity contribution in [2.45, 2.75) is 206 Å². The van der Waals surface area contributed by atoms with E-state index in [9.17, 15) is 8.42 Å². The molecular formula is C36H72O4S. The SMILES string of the molecule is CCCCCCCCCCCCCCCCC/C=C/C(CCCCCCCCCCCCCCC)COS(=O)(=O)O. The molecule has 1 N–H and O–H groups in total. The van der Waals surface area contributed by atoms with Gasteiger partial charge in [0.25, 0.3) is 0 Å². The van der Waals surface area contributed by atoms with Gasteiger partial charge in [-0.25, -0.2) is 4.18 Å². The summed E-state index contributed by atoms with van der Waals surface area (Å²) < 4.78 is 35.8. The van der Waals surface area contributed by atoms with Crippen LogP contribution in [0.5, 0.6) is 0 Å². The molecule has 0 saturated heterocycles. The van der Waals surface area contributed by atoms with E-state index in [-0.39, 0.29) is 12.5 Å². The van der Waals surface area contributed by atoms with Gasteiger partial charge in [0.1, 0.15) is 0 Å². The monoisotopic (exact) mass is 601 g/mol. The second-order valence-electron chi connectivity index (χ2n) is 12.7. The zero-order valence-electron chi connectivity index (χ0n) is 27.7. The maximum Gasteiger partial charge on any atom is 0.397 e. The largest absolute Gasteiger partial charge is 0.397 e. The van der Waals surface area contributed by atoms with Crippen molar-refractivity contribution in [1.29, 1.82) is 0 Å². The molecule has 4 nitrogen and oxygen atoms in total. The van der Waals surface area contributed by atoms with Crippen LogP contribution in [-0.2, 0) is 14.6 Å². The van der Waals surface area contributed by atoms with Crippen molar-refractivity contribution in [3.63, 3.8) is 0 Å². The first-order valence-electron chi connectivity index (χ1n) is 18.3. The Kier molecular flexibility index (Phi) is 32.2. The van der Waals surface area contributed by atoms with Crippen LogP contribution in [-0.4, -0.2) is 19.6 Å². The maximum atomic E-state index is 11.1. The topological polar surface area (TPSA) is 63.6 Å². The highest BCUT2D eigenvalue weighted by atomic mass is 32.3. The Balaban J connectivity index is 3.75. The lowest BCUT2D eigenvalue weighted by molar-refractivity contribution is 0.234. The summed E-state index contributed by atoms with van der Waals surface area (Å²) in [5.74, 6) is 0.0565. The van der Waals surface area contributed by atoms with Gasteiger partial charge in [0.2, 0.25) is 0 Å². The molecule has 41 heavy (non-hydrogen) atoms. The van der Waals surface area contributed by atoms with E-state index in [1.54, 1.807) is 0 Å². The van der Waals surface area contributed by atoms with Gasteiger partial charge in [0.05, 0.1) is 6.61 Å². The summed E-state index contributed by atoms with van der Waals surface area (Å²) in [6.45, 7) is 4.60. The minimum atomic E-state index is -4.37. The van der Waals surface area contributed by atoms with Crippen LogP contribution in [0.25, 0.3) is 0 Å². The lowest BCUT2D eigenvalue weighted by Crippen LogP contribution is -2.12. The summed E-state index contributed by atoms with van der Waals surface area (Å²) in [6.07, 6.45) is 44.1. The molecule has 0 amide bonds. The third kappa shape index (κ3) is 35.7. The average molecular weight is 601 g/mol. The summed E-state index contributed by atoms with van der Waals surface area (Å²) in [7, 11) is -4.37. The molecular weight excluding hydrogens is 528 g/mol. The normalized spacial score (nSPS) is 13.0. The Morgan fingerprint density at radius 2 is 0.829 bits per heavy atom. The highest BCUT2D eigenvalue weighted by molar-refractivity contribution is 7.80. The first-order valence-corrected chi connectivity index (χ1v) is 19.6. The predicted molar refractivity (Wildman–Crippen MR) is 180 cm³/mol. The number of unbranched alkanes of at least 4 members (excludes halogenated alkanes) is 27. The average Bonchev–Trinajstić information content (AvgIpc) is 2.94. The van der Waals surface area contributed by atoms with E-state index >= 15 is 0 Å². The van der Waals surface area contributed by atoms with E-state index in [1.807, 2.05) is 0 Å². The van der Waals surface area contributed by atoms with Gasteiger partial charge < -0.3 is 0 Å². The summed E-state index contributed by atoms with van der Waals surface area (Å²) in [6, 6.07) is 0. The number of rotatable bonds is 34. The van der Waals surface area contributed by atoms with Crippen molar-refractivity contribution in [2.75, 3.05) is 6.61 Å². The standard InChI is InChI=1S/C36H72O4S/c1-3-5-7-9-11-13-15-17-18-19-20-22-24-26-28-30-32-34-36(35-40-41(37,38)39)33-31-29-27-25-23-21-16-14-12-10-8-6-4-2/h32,34,36H,3-31,33,35H2,1-2H3,(H,37,38,39)/b34-32+. The van der Waals surface area contributed by atoms with Crippen LogP contribution in [0.3, 0.4) is 0 Å². The molecule has 0 heterocycles. The molecule has 1 atom stereocenters. The van der Waals surface area contributed by atoms with E-state index < -0.39 is 10.4 Å². The van der Waals surface area contributed by atoms with Crippen molar-refractivity contribution < 1.29 is 17.2 Å². The van der Waals surface area contributed by atoms with Crippen molar-refractivity contribution in [3.05, 3.63) is 12.2 Å². The van der Waals surface area contributed by atoms with Gasteiger partial charge in [-0.05, 0) is 19.3 Å². The maximum absolute atomic E-state index is 11.1. The van der Waals surface area contributed by atoms with Crippen molar-refractivity contribution >= 4 is 10.4 Å². The quantitative estimate of drug-likeness (QED) is 0.0453. The first kappa shape index (κ1) is 40.6. The van der Waals surface area contributed by atoms with Crippen LogP contribution in [0.4, 0.5) is 0 Å². The van der Waals surface area contributed by atoms with Gasteiger partial charge in [-0.2, -0.15) is 8.42 Å². The van der Waals surface area contributed by atoms with Gasteiger partial charge >= 0.3 is 10.4 Å². The second kappa shape index (κ2) is 32.5. The molecule has 246 valence electrons. The smallest absolute Gasteiger partial charge is 0.264 e. The second-order valence-corrected chi connectivity index (χ2v) is 13.8. The Labute approximate surface area is 258 Å². The van der Waals surface area contributed by atoms with Crippen LogP contribution in [0.1, 0.15) is 206 Å². The van der Waals surface area contributed by atoms with Gasteiger partial charge in [-0.15, -0.1) is 0 Å². The first-order chi connectivity index (χ1) is 20.0. The number of hydrogen-bond acceptors (Lipinski definition) is 3. The van der Waals surface area contributed by atoms with E-state index in [0.717, 1.165) is 19.3 Å². The predicted octanol–water partition coefficient (Wildman–Crippen LogP) is 12.7. The highest BCUT2D eigenvalue weighted by Gasteiger charge is 2.11. The summed E-state index contributed by atoms with van der Waals surface area (Å²) in [4.78, 5) is 0. The summed E-state index contributed by atoms with van der Waals surface area (Å²) in [5, 5.41) is 0. The van der Waals surface area contributed by atoms with Gasteiger partial charge in [-0.1, -0.05) is 199 Å². The van der Waals surface area contributed by atoms with Gasteiger partial charge in [-0.3, -0.25) is 4.55 Å². The van der Waals surface area contributed by atoms with E-state index in [0.29, 0.717) is 0 Å². The molecule has 0 aromatic heterocycles. The number of allylic oxidation sites excluding steroid dienone is 1. The van der Waals surface area contributed by atoms with Crippen LogP contribution in [0.2, 0.25) is 0 Å². The van der Waals surface area contributed by atoms with E-state index in [4.69, 9.17) is 8.74 Å². The zero-order chi connectivity index (χ0) is 30.1. The molecule has 5 heteroatoms. The fraction of sp³-hybridized carbons (Fsp3) is 0.944. The molecule has 0 aliphatic carbocycles. The Morgan fingerprint density at radius 1 is 0.512 bits per heavy atom. The Morgan fingerprint density at radius 3 is 1.17 bits per heavy atom. The molecule has 1 unspecified atom stereocenters. The van der Waals surface area contributed by atoms with E-state index in [2.05, 4.69) is 26.0 Å². The summed E-state index contributed by atoms with van der Waals surface area (Å²) in [5.41, 5.74) is 0. The molecule has 0 aromatic rings. The third-order valence-electron chi connectivity index (χ3n) is 8.49. The van der Waals surface area contributed by atoms with Crippen molar-refractivity contribution in [1.82, 2.24) is 0 Å². The van der Waals surface area contributed by atoms with Crippen molar-refractivity contribution in [3.8, 4) is 0 Å². The minimum absolute atomic E-state index is 0.0481. The lowest BCUT2D eigenvalue weighted by Gasteiger charge is -2.12. The fourth-order valence-electron chi connectivity index (χ4n) is 5.75. The van der Waals surface area contributed by atoms with Crippen LogP contribution < -0.4 is 0 Å². The van der Waals surface area contributed by atoms with Crippen molar-refractivity contribution in [2.24, 2.45) is 5.92 Å². The number of hydrogen-bond donors (Lipinski definition) is 1. The lowest BCUT2D eigenvalue weighted by atomic mass is 9.99. The van der Waals surface area contributed by atoms with Gasteiger partial charge in [0.15, 0.2) is 0 Å². The van der Waals surface area contributed by atoms with Crippen LogP contribution >= 0.6 is 0 Å². The summed E-state index contributed by atoms with van der Waals surface area (Å²) >= 11 is 0. The van der Waals surface area contributed by atoms with Crippen LogP contribution in [0.15, 0.2) is 12.2 Å². The Hall–Kier alpha value is -0.390. The minimum Gasteiger partial charge on any atom is -0.264 e. The van der Waals surface area contributed by atoms with Crippen LogP contribution in [0, 0.1) is 5.92 Å². The third-order valence-corrected chi connectivity index (χ3v) is 8.93. The molecule has 0 saturated carbocycles. The fourth-order valence-corrected chi connectivity index (χ4v) is 6.10. The van der Waals surface area contributed by atoms with Gasteiger partial charge in [0, 0.05) is 5.92 Å². The zero-order valence-corrected chi connectivity index (χ0v) is 28.5. The molecule has 0 bridgehead atoms. The molecule has 0 rings (SSSR count). The highest BCUT2D eigenvalue weighted by Crippen LogP contribution is 2.18. The molecule has 0 spiro atoms. The molecule has 0 radical (unpaired) electrons. The molecule has 0 aliphatic rings. The Bertz CT molecular complexity index is 631. The van der Waals surface area contributed by atoms with E-state index in [1.165, 1.54) is 173 Å². The molecule has 0 fully saturated rings.